The first-order chi connectivity index (χ1) is 7.35. The van der Waals surface area contributed by atoms with Crippen molar-refractivity contribution in [3.63, 3.8) is 0 Å². The van der Waals surface area contributed by atoms with Gasteiger partial charge in [-0.3, -0.25) is 0 Å². The number of hydrogen-bond donors (Lipinski definition) is 2. The Morgan fingerprint density at radius 3 is 2.80 bits per heavy atom. The van der Waals surface area contributed by atoms with E-state index in [0.717, 1.165) is 5.92 Å². The van der Waals surface area contributed by atoms with Crippen LogP contribution < -0.4 is 11.1 Å². The summed E-state index contributed by atoms with van der Waals surface area (Å²) in [6.07, 6.45) is 4.11. The lowest BCUT2D eigenvalue weighted by atomic mass is 9.77. The Morgan fingerprint density at radius 2 is 2.27 bits per heavy atom. The normalized spacial score (nSPS) is 18.5. The van der Waals surface area contributed by atoms with E-state index in [9.17, 15) is 0 Å². The monoisotopic (exact) mass is 204 g/mol. The Hall–Kier alpha value is -0.860. The van der Waals surface area contributed by atoms with Crippen LogP contribution in [-0.4, -0.2) is 7.05 Å². The Labute approximate surface area is 91.9 Å². The minimum Gasteiger partial charge on any atom is -0.326 e. The van der Waals surface area contributed by atoms with Gasteiger partial charge >= 0.3 is 0 Å². The summed E-state index contributed by atoms with van der Waals surface area (Å²) in [6, 6.07) is 9.17. The van der Waals surface area contributed by atoms with E-state index < -0.39 is 0 Å². The minimum absolute atomic E-state index is 0.519. The smallest absolute Gasteiger partial charge is 0.0346 e. The molecule has 2 nitrogen and oxygen atoms in total. The van der Waals surface area contributed by atoms with Crippen LogP contribution in [0.1, 0.15) is 36.4 Å². The summed E-state index contributed by atoms with van der Waals surface area (Å²) in [7, 11) is 2.05. The third-order valence-corrected chi connectivity index (χ3v) is 3.48. The van der Waals surface area contributed by atoms with Gasteiger partial charge in [-0.15, -0.1) is 0 Å². The standard InChI is InChI=1S/C13H20N2/c1-15-13(11-5-3-6-11)12-7-2-4-10(8-12)9-14/h2,4,7-8,11,13,15H,3,5-6,9,14H2,1H3. The van der Waals surface area contributed by atoms with Crippen molar-refractivity contribution in [2.75, 3.05) is 7.05 Å². The molecule has 2 heteroatoms. The van der Waals surface area contributed by atoms with E-state index in [1.54, 1.807) is 0 Å². The lowest BCUT2D eigenvalue weighted by Crippen LogP contribution is -2.29. The maximum absolute atomic E-state index is 5.66. The fraction of sp³-hybridized carbons (Fsp3) is 0.538. The van der Waals surface area contributed by atoms with Gasteiger partial charge in [-0.2, -0.15) is 0 Å². The highest BCUT2D eigenvalue weighted by atomic mass is 14.9. The van der Waals surface area contributed by atoms with Crippen LogP contribution in [-0.2, 0) is 6.54 Å². The van der Waals surface area contributed by atoms with Gasteiger partial charge in [-0.25, -0.2) is 0 Å². The van der Waals surface area contributed by atoms with Gasteiger partial charge < -0.3 is 11.1 Å². The van der Waals surface area contributed by atoms with Gasteiger partial charge in [0.25, 0.3) is 0 Å². The molecule has 0 radical (unpaired) electrons. The molecule has 1 aliphatic carbocycles. The summed E-state index contributed by atoms with van der Waals surface area (Å²) in [6.45, 7) is 0.634. The van der Waals surface area contributed by atoms with Gasteiger partial charge in [-0.1, -0.05) is 30.7 Å². The lowest BCUT2D eigenvalue weighted by Gasteiger charge is -2.34. The summed E-state index contributed by atoms with van der Waals surface area (Å²) in [5.74, 6) is 0.822. The van der Waals surface area contributed by atoms with Crippen molar-refractivity contribution in [2.24, 2.45) is 11.7 Å². The summed E-state index contributed by atoms with van der Waals surface area (Å²) < 4.78 is 0. The van der Waals surface area contributed by atoms with E-state index in [-0.39, 0.29) is 0 Å². The SMILES string of the molecule is CNC(c1cccc(CN)c1)C1CCC1. The first kappa shape index (κ1) is 10.7. The first-order valence-corrected chi connectivity index (χ1v) is 5.81. The van der Waals surface area contributed by atoms with Gasteiger partial charge in [-0.05, 0) is 36.9 Å². The zero-order valence-electron chi connectivity index (χ0n) is 9.37. The molecule has 1 aliphatic rings. The van der Waals surface area contributed by atoms with Gasteiger partial charge in [0.2, 0.25) is 0 Å². The van der Waals surface area contributed by atoms with E-state index in [2.05, 4.69) is 36.6 Å². The summed E-state index contributed by atoms with van der Waals surface area (Å²) in [5, 5.41) is 3.43. The van der Waals surface area contributed by atoms with Gasteiger partial charge in [0.1, 0.15) is 0 Å². The molecule has 1 atom stereocenters. The van der Waals surface area contributed by atoms with Crippen LogP contribution in [0.2, 0.25) is 0 Å². The molecule has 1 fully saturated rings. The van der Waals surface area contributed by atoms with Crippen LogP contribution in [0.3, 0.4) is 0 Å². The summed E-state index contributed by atoms with van der Waals surface area (Å²) >= 11 is 0. The molecular weight excluding hydrogens is 184 g/mol. The van der Waals surface area contributed by atoms with E-state index in [1.165, 1.54) is 30.4 Å². The predicted molar refractivity (Wildman–Crippen MR) is 63.5 cm³/mol. The molecule has 1 aromatic rings. The first-order valence-electron chi connectivity index (χ1n) is 5.81. The van der Waals surface area contributed by atoms with Crippen molar-refractivity contribution >= 4 is 0 Å². The van der Waals surface area contributed by atoms with Gasteiger partial charge in [0, 0.05) is 12.6 Å². The molecule has 0 heterocycles. The molecule has 0 aliphatic heterocycles. The van der Waals surface area contributed by atoms with Crippen LogP contribution in [0.25, 0.3) is 0 Å². The molecule has 0 amide bonds. The van der Waals surface area contributed by atoms with E-state index in [4.69, 9.17) is 5.73 Å². The molecule has 1 saturated carbocycles. The topological polar surface area (TPSA) is 38.0 Å². The molecule has 1 unspecified atom stereocenters. The third kappa shape index (κ3) is 2.21. The molecule has 1 aromatic carbocycles. The molecule has 15 heavy (non-hydrogen) atoms. The van der Waals surface area contributed by atoms with Crippen LogP contribution in [0.5, 0.6) is 0 Å². The quantitative estimate of drug-likeness (QED) is 0.789. The molecular formula is C13H20N2. The zero-order valence-corrected chi connectivity index (χ0v) is 9.37. The van der Waals surface area contributed by atoms with E-state index >= 15 is 0 Å². The summed E-state index contributed by atoms with van der Waals surface area (Å²) in [4.78, 5) is 0. The maximum Gasteiger partial charge on any atom is 0.0346 e. The van der Waals surface area contributed by atoms with E-state index in [1.807, 2.05) is 0 Å². The number of benzene rings is 1. The van der Waals surface area contributed by atoms with Crippen LogP contribution in [0.4, 0.5) is 0 Å². The number of nitrogens with two attached hydrogens (primary N) is 1. The van der Waals surface area contributed by atoms with Crippen LogP contribution in [0, 0.1) is 5.92 Å². The largest absolute Gasteiger partial charge is 0.326 e. The highest BCUT2D eigenvalue weighted by Crippen LogP contribution is 2.37. The lowest BCUT2D eigenvalue weighted by molar-refractivity contribution is 0.239. The van der Waals surface area contributed by atoms with Crippen molar-refractivity contribution in [3.05, 3.63) is 35.4 Å². The second-order valence-electron chi connectivity index (χ2n) is 4.41. The average Bonchev–Trinajstić information content (AvgIpc) is 2.23. The Bertz CT molecular complexity index is 318. The van der Waals surface area contributed by atoms with Crippen molar-refractivity contribution < 1.29 is 0 Å². The second-order valence-corrected chi connectivity index (χ2v) is 4.41. The molecule has 0 aromatic heterocycles. The van der Waals surface area contributed by atoms with Crippen molar-refractivity contribution in [1.82, 2.24) is 5.32 Å². The predicted octanol–water partition coefficient (Wildman–Crippen LogP) is 2.21. The molecule has 0 spiro atoms. The van der Waals surface area contributed by atoms with Crippen LogP contribution >= 0.6 is 0 Å². The zero-order chi connectivity index (χ0) is 10.7. The fourth-order valence-corrected chi connectivity index (χ4v) is 2.36. The third-order valence-electron chi connectivity index (χ3n) is 3.48. The van der Waals surface area contributed by atoms with Crippen LogP contribution in [0.15, 0.2) is 24.3 Å². The second kappa shape index (κ2) is 4.77. The maximum atomic E-state index is 5.66. The Kier molecular flexibility index (Phi) is 3.39. The average molecular weight is 204 g/mol. The molecule has 3 N–H and O–H groups in total. The van der Waals surface area contributed by atoms with Gasteiger partial charge in [0.15, 0.2) is 0 Å². The number of hydrogen-bond acceptors (Lipinski definition) is 2. The Morgan fingerprint density at radius 1 is 1.47 bits per heavy atom. The van der Waals surface area contributed by atoms with Crippen molar-refractivity contribution in [2.45, 2.75) is 31.8 Å². The molecule has 2 rings (SSSR count). The van der Waals surface area contributed by atoms with Crippen molar-refractivity contribution in [3.8, 4) is 0 Å². The van der Waals surface area contributed by atoms with Crippen molar-refractivity contribution in [1.29, 1.82) is 0 Å². The number of nitrogens with one attached hydrogen (secondary N) is 1. The van der Waals surface area contributed by atoms with Gasteiger partial charge in [0.05, 0.1) is 0 Å². The molecule has 82 valence electrons. The van der Waals surface area contributed by atoms with E-state index in [0.29, 0.717) is 12.6 Å². The minimum atomic E-state index is 0.519. The highest BCUT2D eigenvalue weighted by molar-refractivity contribution is 5.26. The fourth-order valence-electron chi connectivity index (χ4n) is 2.36. The summed E-state index contributed by atoms with van der Waals surface area (Å²) in [5.41, 5.74) is 8.28. The molecule has 0 bridgehead atoms. The molecule has 0 saturated heterocycles. The Balaban J connectivity index is 2.17. The number of rotatable bonds is 4. The highest BCUT2D eigenvalue weighted by Gasteiger charge is 2.27.